The fraction of sp³-hybridized carbons (Fsp3) is 0.214. The van der Waals surface area contributed by atoms with Crippen LogP contribution in [0, 0.1) is 18.8 Å². The zero-order valence-electron chi connectivity index (χ0n) is 11.6. The average molecular weight is 289 g/mol. The molecule has 0 bridgehead atoms. The van der Waals surface area contributed by atoms with Gasteiger partial charge in [-0.1, -0.05) is 6.07 Å². The van der Waals surface area contributed by atoms with Gasteiger partial charge in [-0.05, 0) is 30.2 Å². The number of nitrogens with zero attached hydrogens (tertiary/aromatic N) is 4. The van der Waals surface area contributed by atoms with Gasteiger partial charge in [0.1, 0.15) is 5.82 Å². The molecule has 2 aromatic heterocycles. The summed E-state index contributed by atoms with van der Waals surface area (Å²) in [5.41, 5.74) is 2.63. The lowest BCUT2D eigenvalue weighted by molar-refractivity contribution is 0.543. The summed E-state index contributed by atoms with van der Waals surface area (Å²) in [6, 6.07) is 4.53. The first-order chi connectivity index (χ1) is 10.0. The van der Waals surface area contributed by atoms with Crippen molar-refractivity contribution in [3.8, 4) is 0 Å². The zero-order valence-corrected chi connectivity index (χ0v) is 11.6. The first-order valence-electron chi connectivity index (χ1n) is 6.38. The number of aromatic nitrogens is 4. The van der Waals surface area contributed by atoms with E-state index >= 15 is 0 Å². The lowest BCUT2D eigenvalue weighted by Gasteiger charge is -2.09. The fourth-order valence-corrected chi connectivity index (χ4v) is 2.14. The highest BCUT2D eigenvalue weighted by molar-refractivity contribution is 5.82. The number of rotatable bonds is 3. The number of aryl methyl sites for hydroxylation is 2. The molecule has 3 aromatic rings. The second-order valence-corrected chi connectivity index (χ2v) is 4.79. The predicted octanol–water partition coefficient (Wildman–Crippen LogP) is 2.56. The zero-order chi connectivity index (χ0) is 15.0. The first-order valence-corrected chi connectivity index (χ1v) is 6.38. The van der Waals surface area contributed by atoms with Crippen LogP contribution in [0.15, 0.2) is 24.5 Å². The Hall–Kier alpha value is -2.57. The van der Waals surface area contributed by atoms with Gasteiger partial charge in [0.05, 0.1) is 6.33 Å². The Bertz CT molecular complexity index is 812. The largest absolute Gasteiger partial charge is 0.364 e. The molecule has 3 rings (SSSR count). The van der Waals surface area contributed by atoms with E-state index in [1.54, 1.807) is 24.0 Å². The van der Waals surface area contributed by atoms with Crippen molar-refractivity contribution < 1.29 is 8.78 Å². The molecule has 7 heteroatoms. The van der Waals surface area contributed by atoms with E-state index in [2.05, 4.69) is 20.3 Å². The highest BCUT2D eigenvalue weighted by Crippen LogP contribution is 2.19. The quantitative estimate of drug-likeness (QED) is 0.753. The van der Waals surface area contributed by atoms with Crippen molar-refractivity contribution >= 4 is 17.0 Å². The maximum Gasteiger partial charge on any atom is 0.312 e. The van der Waals surface area contributed by atoms with Crippen molar-refractivity contribution in [2.75, 3.05) is 5.32 Å². The number of benzene rings is 1. The van der Waals surface area contributed by atoms with Crippen LogP contribution in [-0.4, -0.2) is 19.5 Å². The van der Waals surface area contributed by atoms with E-state index in [1.807, 2.05) is 6.92 Å². The second-order valence-electron chi connectivity index (χ2n) is 4.79. The van der Waals surface area contributed by atoms with Crippen LogP contribution in [0.4, 0.5) is 14.6 Å². The van der Waals surface area contributed by atoms with Crippen molar-refractivity contribution in [2.45, 2.75) is 13.5 Å². The van der Waals surface area contributed by atoms with Crippen LogP contribution in [0.3, 0.4) is 0 Å². The second kappa shape index (κ2) is 5.08. The normalized spacial score (nSPS) is 11.0. The van der Waals surface area contributed by atoms with Gasteiger partial charge in [-0.3, -0.25) is 0 Å². The summed E-state index contributed by atoms with van der Waals surface area (Å²) in [5.74, 6) is 0.0401. The summed E-state index contributed by atoms with van der Waals surface area (Å²) in [6.07, 6.45) is 0.733. The molecule has 1 aromatic carbocycles. The molecule has 0 aliphatic heterocycles. The van der Waals surface area contributed by atoms with Crippen molar-refractivity contribution in [1.29, 1.82) is 0 Å². The van der Waals surface area contributed by atoms with Crippen LogP contribution < -0.4 is 5.32 Å². The van der Waals surface area contributed by atoms with E-state index in [-0.39, 0.29) is 5.82 Å². The van der Waals surface area contributed by atoms with Crippen LogP contribution in [0.1, 0.15) is 11.1 Å². The molecule has 0 aliphatic rings. The van der Waals surface area contributed by atoms with Crippen LogP contribution in [0.5, 0.6) is 0 Å². The number of halogens is 2. The van der Waals surface area contributed by atoms with Crippen molar-refractivity contribution in [2.24, 2.45) is 7.05 Å². The molecule has 1 N–H and O–H groups in total. The minimum absolute atomic E-state index is 0.281. The van der Waals surface area contributed by atoms with E-state index < -0.39 is 6.08 Å². The Morgan fingerprint density at radius 3 is 2.81 bits per heavy atom. The summed E-state index contributed by atoms with van der Waals surface area (Å²) in [4.78, 5) is 11.6. The van der Waals surface area contributed by atoms with Crippen LogP contribution in [0.25, 0.3) is 11.2 Å². The van der Waals surface area contributed by atoms with Crippen LogP contribution in [-0.2, 0) is 13.6 Å². The summed E-state index contributed by atoms with van der Waals surface area (Å²) in [7, 11) is 1.73. The molecule has 2 heterocycles. The van der Waals surface area contributed by atoms with Crippen LogP contribution >= 0.6 is 0 Å². The van der Waals surface area contributed by atoms with Crippen LogP contribution in [0.2, 0.25) is 0 Å². The molecule has 0 fully saturated rings. The molecule has 0 saturated carbocycles. The van der Waals surface area contributed by atoms with Gasteiger partial charge in [0, 0.05) is 13.6 Å². The third kappa shape index (κ3) is 2.54. The van der Waals surface area contributed by atoms with E-state index in [4.69, 9.17) is 0 Å². The molecule has 0 spiro atoms. The van der Waals surface area contributed by atoms with Gasteiger partial charge in [0.15, 0.2) is 17.0 Å². The Morgan fingerprint density at radius 2 is 2.05 bits per heavy atom. The highest BCUT2D eigenvalue weighted by Gasteiger charge is 2.12. The third-order valence-corrected chi connectivity index (χ3v) is 3.28. The molecule has 0 atom stereocenters. The summed E-state index contributed by atoms with van der Waals surface area (Å²) < 4.78 is 28.2. The maximum atomic E-state index is 13.5. The molecular weight excluding hydrogens is 276 g/mol. The Balaban J connectivity index is 1.91. The Kier molecular flexibility index (Phi) is 3.25. The van der Waals surface area contributed by atoms with Gasteiger partial charge in [-0.25, -0.2) is 9.37 Å². The van der Waals surface area contributed by atoms with E-state index in [1.165, 1.54) is 12.1 Å². The molecule has 21 heavy (non-hydrogen) atoms. The SMILES string of the molecule is Cc1cc(F)ccc1CNc1nc(F)nc2c1ncn2C. The molecular formula is C14H13F2N5. The number of nitrogens with one attached hydrogen (secondary N) is 1. The van der Waals surface area contributed by atoms with E-state index in [9.17, 15) is 8.78 Å². The third-order valence-electron chi connectivity index (χ3n) is 3.28. The minimum atomic E-state index is -0.815. The topological polar surface area (TPSA) is 55.6 Å². The van der Waals surface area contributed by atoms with E-state index in [0.29, 0.717) is 23.5 Å². The van der Waals surface area contributed by atoms with Gasteiger partial charge in [0.2, 0.25) is 0 Å². The number of fused-ring (bicyclic) bond motifs is 1. The molecule has 108 valence electrons. The van der Waals surface area contributed by atoms with Gasteiger partial charge in [-0.15, -0.1) is 0 Å². The molecule has 0 amide bonds. The van der Waals surface area contributed by atoms with Crippen molar-refractivity contribution in [1.82, 2.24) is 19.5 Å². The lowest BCUT2D eigenvalue weighted by Crippen LogP contribution is -2.06. The summed E-state index contributed by atoms with van der Waals surface area (Å²) in [5, 5.41) is 3.03. The first kappa shape index (κ1) is 13.4. The molecule has 5 nitrogen and oxygen atoms in total. The van der Waals surface area contributed by atoms with Crippen molar-refractivity contribution in [3.05, 3.63) is 47.5 Å². The van der Waals surface area contributed by atoms with Gasteiger partial charge in [-0.2, -0.15) is 14.4 Å². The fourth-order valence-electron chi connectivity index (χ4n) is 2.14. The number of anilines is 1. The Morgan fingerprint density at radius 1 is 1.24 bits per heavy atom. The monoisotopic (exact) mass is 289 g/mol. The predicted molar refractivity (Wildman–Crippen MR) is 74.7 cm³/mol. The standard InChI is InChI=1S/C14H13F2N5/c1-8-5-10(15)4-3-9(8)6-17-12-11-13(20-14(16)19-12)21(2)7-18-11/h3-5,7H,6H2,1-2H3,(H,17,19,20). The van der Waals surface area contributed by atoms with Gasteiger partial charge < -0.3 is 9.88 Å². The molecule has 0 saturated heterocycles. The van der Waals surface area contributed by atoms with Crippen molar-refractivity contribution in [3.63, 3.8) is 0 Å². The molecule has 0 unspecified atom stereocenters. The summed E-state index contributed by atoms with van der Waals surface area (Å²) >= 11 is 0. The summed E-state index contributed by atoms with van der Waals surface area (Å²) in [6.45, 7) is 2.21. The minimum Gasteiger partial charge on any atom is -0.364 e. The molecule has 0 radical (unpaired) electrons. The number of hydrogen-bond donors (Lipinski definition) is 1. The maximum absolute atomic E-state index is 13.5. The Labute approximate surface area is 119 Å². The smallest absolute Gasteiger partial charge is 0.312 e. The average Bonchev–Trinajstić information content (AvgIpc) is 2.79. The van der Waals surface area contributed by atoms with E-state index in [0.717, 1.165) is 11.1 Å². The lowest BCUT2D eigenvalue weighted by atomic mass is 10.1. The van der Waals surface area contributed by atoms with Gasteiger partial charge >= 0.3 is 6.08 Å². The molecule has 0 aliphatic carbocycles. The van der Waals surface area contributed by atoms with Gasteiger partial charge in [0.25, 0.3) is 0 Å². The highest BCUT2D eigenvalue weighted by atomic mass is 19.1. The number of imidazole rings is 1. The number of hydrogen-bond acceptors (Lipinski definition) is 4.